The highest BCUT2D eigenvalue weighted by atomic mass is 127. The van der Waals surface area contributed by atoms with E-state index in [4.69, 9.17) is 0 Å². The summed E-state index contributed by atoms with van der Waals surface area (Å²) in [6.07, 6.45) is -4.15. The highest BCUT2D eigenvalue weighted by molar-refractivity contribution is 14.1. The zero-order valence-corrected chi connectivity index (χ0v) is 14.2. The predicted molar refractivity (Wildman–Crippen MR) is 90.1 cm³/mol. The molecule has 0 saturated heterocycles. The Kier molecular flexibility index (Phi) is 4.39. The quantitative estimate of drug-likeness (QED) is 0.671. The lowest BCUT2D eigenvalue weighted by molar-refractivity contribution is -0.246. The number of para-hydroxylation sites is 1. The summed E-state index contributed by atoms with van der Waals surface area (Å²) in [5.41, 5.74) is 0.395. The smallest absolute Gasteiger partial charge is 0.263 e. The van der Waals surface area contributed by atoms with E-state index < -0.39 is 18.4 Å². The van der Waals surface area contributed by atoms with Crippen LogP contribution in [0, 0.1) is 3.57 Å². The van der Waals surface area contributed by atoms with Crippen LogP contribution in [-0.2, 0) is 0 Å². The van der Waals surface area contributed by atoms with Gasteiger partial charge < -0.3 is 14.8 Å². The number of halogens is 3. The average molecular weight is 443 g/mol. The number of nitrogens with zero attached hydrogens (tertiary/aromatic N) is 2. The van der Waals surface area contributed by atoms with Crippen LogP contribution in [0.1, 0.15) is 22.3 Å². The van der Waals surface area contributed by atoms with E-state index in [2.05, 4.69) is 0 Å². The van der Waals surface area contributed by atoms with Crippen molar-refractivity contribution >= 4 is 46.0 Å². The number of anilines is 2. The number of hydrogen-bond donors (Lipinski definition) is 0. The number of alkyl halides is 2. The van der Waals surface area contributed by atoms with Crippen molar-refractivity contribution in [3.05, 3.63) is 57.2 Å². The second kappa shape index (κ2) is 6.34. The van der Waals surface area contributed by atoms with Crippen molar-refractivity contribution in [3.63, 3.8) is 0 Å². The van der Waals surface area contributed by atoms with Crippen LogP contribution < -0.4 is 14.9 Å². The minimum absolute atomic E-state index is 0.180. The van der Waals surface area contributed by atoms with Gasteiger partial charge in [0.2, 0.25) is 0 Å². The normalized spacial score (nSPS) is 14.1. The molecule has 8 heteroatoms. The molecule has 1 heterocycles. The van der Waals surface area contributed by atoms with Gasteiger partial charge in [0.15, 0.2) is 0 Å². The van der Waals surface area contributed by atoms with Gasteiger partial charge in [-0.1, -0.05) is 18.2 Å². The number of benzene rings is 2. The van der Waals surface area contributed by atoms with E-state index in [0.717, 1.165) is 9.80 Å². The molecule has 2 aromatic carbocycles. The summed E-state index contributed by atoms with van der Waals surface area (Å²) < 4.78 is 26.4. The fraction of sp³-hybridized carbons (Fsp3) is 0.125. The molecule has 0 fully saturated rings. The first kappa shape index (κ1) is 16.6. The largest absolute Gasteiger partial charge is 0.530 e. The second-order valence-corrected chi connectivity index (χ2v) is 6.26. The third-order valence-corrected chi connectivity index (χ3v) is 4.54. The Labute approximate surface area is 149 Å². The lowest BCUT2D eigenvalue weighted by Crippen LogP contribution is -2.53. The van der Waals surface area contributed by atoms with Crippen LogP contribution in [0.15, 0.2) is 42.5 Å². The van der Waals surface area contributed by atoms with E-state index in [1.807, 2.05) is 22.6 Å². The van der Waals surface area contributed by atoms with Gasteiger partial charge in [0.1, 0.15) is 12.8 Å². The fourth-order valence-electron chi connectivity index (χ4n) is 2.56. The third-order valence-electron chi connectivity index (χ3n) is 3.67. The number of rotatable bonds is 2. The van der Waals surface area contributed by atoms with Crippen molar-refractivity contribution in [2.75, 3.05) is 16.5 Å². The number of fused-ring (bicyclic) bond motifs is 1. The van der Waals surface area contributed by atoms with Crippen LogP contribution in [0.25, 0.3) is 0 Å². The molecule has 24 heavy (non-hydrogen) atoms. The zero-order chi connectivity index (χ0) is 17.4. The summed E-state index contributed by atoms with van der Waals surface area (Å²) in [4.78, 5) is 26.3. The monoisotopic (exact) mass is 443 g/mol. The van der Waals surface area contributed by atoms with Gasteiger partial charge >= 0.3 is 0 Å². The SMILES string of the molecule is O=C1c2cccc(I)c2N(C(=O)[O-])CN1c1cccc(C(F)F)c1. The van der Waals surface area contributed by atoms with E-state index in [0.29, 0.717) is 3.57 Å². The van der Waals surface area contributed by atoms with Gasteiger partial charge in [0.05, 0.1) is 11.3 Å². The summed E-state index contributed by atoms with van der Waals surface area (Å²) >= 11 is 1.93. The molecule has 0 saturated carbocycles. The first-order valence-corrected chi connectivity index (χ1v) is 7.95. The molecule has 0 bridgehead atoms. The number of hydrogen-bond acceptors (Lipinski definition) is 3. The first-order chi connectivity index (χ1) is 11.4. The van der Waals surface area contributed by atoms with Crippen LogP contribution in [0.2, 0.25) is 0 Å². The van der Waals surface area contributed by atoms with Crippen LogP contribution >= 0.6 is 22.6 Å². The van der Waals surface area contributed by atoms with Gasteiger partial charge in [0.25, 0.3) is 12.3 Å². The molecular weight excluding hydrogens is 433 g/mol. The van der Waals surface area contributed by atoms with E-state index >= 15 is 0 Å². The summed E-state index contributed by atoms with van der Waals surface area (Å²) in [5, 5.41) is 11.5. The van der Waals surface area contributed by atoms with Gasteiger partial charge in [0, 0.05) is 14.8 Å². The molecule has 3 rings (SSSR count). The maximum absolute atomic E-state index is 12.9. The maximum atomic E-state index is 12.9. The first-order valence-electron chi connectivity index (χ1n) is 6.87. The van der Waals surface area contributed by atoms with Crippen molar-refractivity contribution in [1.82, 2.24) is 0 Å². The number of carbonyl (C=O) groups is 2. The van der Waals surface area contributed by atoms with E-state index in [-0.39, 0.29) is 29.2 Å². The standard InChI is InChI=1S/C16H11F2IN2O3/c17-14(18)9-3-1-4-10(7-9)20-8-21(16(23)24)13-11(15(20)22)5-2-6-12(13)19/h1-7,14H,8H2,(H,23,24)/p-1. The Morgan fingerprint density at radius 2 is 1.92 bits per heavy atom. The number of carboxylic acid groups (broad SMARTS) is 1. The molecule has 1 aliphatic rings. The van der Waals surface area contributed by atoms with Crippen molar-refractivity contribution in [1.29, 1.82) is 0 Å². The Morgan fingerprint density at radius 1 is 1.21 bits per heavy atom. The Morgan fingerprint density at radius 3 is 2.58 bits per heavy atom. The molecule has 0 spiro atoms. The summed E-state index contributed by atoms with van der Waals surface area (Å²) in [7, 11) is 0. The Hall–Kier alpha value is -2.23. The van der Waals surface area contributed by atoms with Gasteiger partial charge in [-0.25, -0.2) is 8.78 Å². The van der Waals surface area contributed by atoms with Crippen molar-refractivity contribution in [3.8, 4) is 0 Å². The van der Waals surface area contributed by atoms with Gasteiger partial charge in [-0.05, 0) is 46.9 Å². The molecule has 0 aromatic heterocycles. The van der Waals surface area contributed by atoms with Crippen LogP contribution in [-0.4, -0.2) is 18.7 Å². The molecule has 0 radical (unpaired) electrons. The molecular formula is C16H10F2IN2O3-. The van der Waals surface area contributed by atoms with E-state index in [9.17, 15) is 23.5 Å². The zero-order valence-electron chi connectivity index (χ0n) is 12.1. The van der Waals surface area contributed by atoms with Crippen LogP contribution in [0.3, 0.4) is 0 Å². The molecule has 2 amide bonds. The van der Waals surface area contributed by atoms with Crippen LogP contribution in [0.4, 0.5) is 25.0 Å². The molecule has 0 N–H and O–H groups in total. The topological polar surface area (TPSA) is 63.7 Å². The second-order valence-electron chi connectivity index (χ2n) is 5.10. The average Bonchev–Trinajstić information content (AvgIpc) is 2.55. The summed E-state index contributed by atoms with van der Waals surface area (Å²) in [6, 6.07) is 10.1. The Balaban J connectivity index is 2.10. The third kappa shape index (κ3) is 2.81. The highest BCUT2D eigenvalue weighted by Gasteiger charge is 2.32. The van der Waals surface area contributed by atoms with E-state index in [1.54, 1.807) is 12.1 Å². The van der Waals surface area contributed by atoms with Crippen molar-refractivity contribution < 1.29 is 23.5 Å². The van der Waals surface area contributed by atoms with Gasteiger partial charge in [-0.15, -0.1) is 0 Å². The summed E-state index contributed by atoms with van der Waals surface area (Å²) in [6.45, 7) is -0.319. The van der Waals surface area contributed by atoms with Gasteiger partial charge in [-0.3, -0.25) is 9.69 Å². The number of carbonyl (C=O) groups excluding carboxylic acids is 2. The molecule has 1 aliphatic heterocycles. The molecule has 0 aliphatic carbocycles. The fourth-order valence-corrected chi connectivity index (χ4v) is 3.35. The molecule has 0 atom stereocenters. The molecule has 124 valence electrons. The number of amides is 2. The van der Waals surface area contributed by atoms with Crippen molar-refractivity contribution in [2.45, 2.75) is 6.43 Å². The maximum Gasteiger partial charge on any atom is 0.263 e. The Bertz CT molecular complexity index is 829. The highest BCUT2D eigenvalue weighted by Crippen LogP contribution is 2.34. The summed E-state index contributed by atoms with van der Waals surface area (Å²) in [5.74, 6) is -0.451. The predicted octanol–water partition coefficient (Wildman–Crippen LogP) is 3.00. The van der Waals surface area contributed by atoms with Crippen molar-refractivity contribution in [2.24, 2.45) is 0 Å². The molecule has 2 aromatic rings. The van der Waals surface area contributed by atoms with Gasteiger partial charge in [-0.2, -0.15) is 0 Å². The minimum atomic E-state index is -2.68. The minimum Gasteiger partial charge on any atom is -0.530 e. The lowest BCUT2D eigenvalue weighted by atomic mass is 10.1. The van der Waals surface area contributed by atoms with E-state index in [1.165, 1.54) is 30.3 Å². The van der Waals surface area contributed by atoms with Crippen LogP contribution in [0.5, 0.6) is 0 Å². The molecule has 5 nitrogen and oxygen atoms in total. The lowest BCUT2D eigenvalue weighted by Gasteiger charge is -2.38. The molecule has 0 unspecified atom stereocenters.